The van der Waals surface area contributed by atoms with Gasteiger partial charge in [0.15, 0.2) is 11.0 Å². The largest absolute Gasteiger partial charge is 0.507 e. The number of phenolic OH excluding ortho intramolecular Hbond substituents is 1. The maximum absolute atomic E-state index is 13.1. The van der Waals surface area contributed by atoms with Gasteiger partial charge in [-0.1, -0.05) is 45.9 Å². The highest BCUT2D eigenvalue weighted by atomic mass is 79.9. The molecule has 1 amide bonds. The van der Waals surface area contributed by atoms with Gasteiger partial charge in [-0.25, -0.2) is 4.79 Å². The average Bonchev–Trinajstić information content (AvgIpc) is 3.50. The van der Waals surface area contributed by atoms with Crippen LogP contribution in [0.15, 0.2) is 58.2 Å². The number of carbonyl (C=O) groups is 2. The molecule has 0 atom stereocenters. The van der Waals surface area contributed by atoms with Crippen molar-refractivity contribution >= 4 is 55.9 Å². The number of nitrogens with zero attached hydrogens (tertiary/aromatic N) is 3. The Bertz CT molecular complexity index is 1490. The monoisotopic (exact) mass is 612 g/mol. The number of carbonyl (C=O) groups excluding carboxylic acids is 2. The molecule has 0 saturated carbocycles. The Morgan fingerprint density at radius 1 is 1.16 bits per heavy atom. The number of esters is 1. The average molecular weight is 614 g/mol. The number of aromatic nitrogens is 3. The van der Waals surface area contributed by atoms with Crippen LogP contribution in [0.5, 0.6) is 5.75 Å². The predicted molar refractivity (Wildman–Crippen MR) is 152 cm³/mol. The highest BCUT2D eigenvalue weighted by molar-refractivity contribution is 9.10. The first-order valence-corrected chi connectivity index (χ1v) is 14.8. The van der Waals surface area contributed by atoms with E-state index in [1.165, 1.54) is 23.1 Å². The van der Waals surface area contributed by atoms with Crippen molar-refractivity contribution in [3.05, 3.63) is 69.0 Å². The van der Waals surface area contributed by atoms with Crippen LogP contribution in [0.1, 0.15) is 40.6 Å². The number of anilines is 1. The number of nitrogens with one attached hydrogen (secondary N) is 1. The minimum Gasteiger partial charge on any atom is -0.507 e. The molecular weight excluding hydrogens is 588 g/mol. The van der Waals surface area contributed by atoms with E-state index in [-0.39, 0.29) is 24.0 Å². The van der Waals surface area contributed by atoms with Crippen LogP contribution in [-0.4, -0.2) is 44.1 Å². The van der Waals surface area contributed by atoms with Gasteiger partial charge >= 0.3 is 5.97 Å². The van der Waals surface area contributed by atoms with Crippen molar-refractivity contribution in [2.75, 3.05) is 17.7 Å². The van der Waals surface area contributed by atoms with Crippen molar-refractivity contribution < 1.29 is 19.4 Å². The summed E-state index contributed by atoms with van der Waals surface area (Å²) < 4.78 is 7.90. The van der Waals surface area contributed by atoms with E-state index in [0.29, 0.717) is 27.1 Å². The molecule has 8 nitrogen and oxygen atoms in total. The Hall–Kier alpha value is -3.15. The lowest BCUT2D eigenvalue weighted by molar-refractivity contribution is -0.113. The molecule has 4 aromatic rings. The molecule has 0 fully saturated rings. The first-order valence-electron chi connectivity index (χ1n) is 12.2. The second kappa shape index (κ2) is 11.7. The molecule has 0 bridgehead atoms. The molecule has 0 radical (unpaired) electrons. The maximum Gasteiger partial charge on any atom is 0.341 e. The summed E-state index contributed by atoms with van der Waals surface area (Å²) >= 11 is 6.14. The van der Waals surface area contributed by atoms with Gasteiger partial charge in [0.1, 0.15) is 10.8 Å². The summed E-state index contributed by atoms with van der Waals surface area (Å²) in [5, 5.41) is 23.2. The molecular formula is C27H25BrN4O4S2. The molecule has 2 aromatic carbocycles. The molecule has 1 aliphatic rings. The molecule has 38 heavy (non-hydrogen) atoms. The molecule has 2 N–H and O–H groups in total. The molecule has 1 aliphatic carbocycles. The van der Waals surface area contributed by atoms with Crippen molar-refractivity contribution in [2.45, 2.75) is 37.8 Å². The normalized spacial score (nSPS) is 12.7. The fourth-order valence-electron chi connectivity index (χ4n) is 4.40. The van der Waals surface area contributed by atoms with Gasteiger partial charge in [0, 0.05) is 15.0 Å². The number of ether oxygens (including phenoxy) is 1. The zero-order valence-electron chi connectivity index (χ0n) is 20.6. The number of phenols is 1. The number of fused-ring (bicyclic) bond motifs is 1. The van der Waals surface area contributed by atoms with Crippen LogP contribution < -0.4 is 5.32 Å². The highest BCUT2D eigenvalue weighted by Gasteiger charge is 2.27. The van der Waals surface area contributed by atoms with Crippen molar-refractivity contribution in [3.8, 4) is 22.8 Å². The quantitative estimate of drug-likeness (QED) is 0.179. The molecule has 0 spiro atoms. The number of benzene rings is 2. The van der Waals surface area contributed by atoms with Crippen LogP contribution in [-0.2, 0) is 22.4 Å². The predicted octanol–water partition coefficient (Wildman–Crippen LogP) is 6.25. The van der Waals surface area contributed by atoms with Crippen LogP contribution in [0, 0.1) is 0 Å². The molecule has 2 aromatic heterocycles. The summed E-state index contributed by atoms with van der Waals surface area (Å²) in [7, 11) is 0. The van der Waals surface area contributed by atoms with Gasteiger partial charge in [0.05, 0.1) is 23.5 Å². The molecule has 196 valence electrons. The first kappa shape index (κ1) is 26.5. The van der Waals surface area contributed by atoms with E-state index in [0.717, 1.165) is 46.3 Å². The second-order valence-electron chi connectivity index (χ2n) is 8.61. The number of para-hydroxylation sites is 1. The third kappa shape index (κ3) is 5.50. The zero-order chi connectivity index (χ0) is 26.6. The zero-order valence-corrected chi connectivity index (χ0v) is 23.8. The highest BCUT2D eigenvalue weighted by Crippen LogP contribution is 2.39. The number of rotatable bonds is 8. The second-order valence-corrected chi connectivity index (χ2v) is 11.6. The summed E-state index contributed by atoms with van der Waals surface area (Å²) in [5.41, 5.74) is 2.80. The van der Waals surface area contributed by atoms with E-state index in [2.05, 4.69) is 31.4 Å². The van der Waals surface area contributed by atoms with Crippen LogP contribution in [0.25, 0.3) is 17.1 Å². The number of hydrogen-bond donors (Lipinski definition) is 2. The van der Waals surface area contributed by atoms with E-state index >= 15 is 0 Å². The summed E-state index contributed by atoms with van der Waals surface area (Å²) in [6.07, 6.45) is 3.81. The van der Waals surface area contributed by atoms with Crippen LogP contribution in [0.3, 0.4) is 0 Å². The van der Waals surface area contributed by atoms with E-state index in [1.807, 2.05) is 34.9 Å². The van der Waals surface area contributed by atoms with E-state index < -0.39 is 5.97 Å². The smallest absolute Gasteiger partial charge is 0.341 e. The molecule has 0 aliphatic heterocycles. The number of halogens is 1. The SMILES string of the molecule is CCOC(=O)c1c(NC(=O)CSc2nnc(-c3cc(Br)ccc3O)n2-c2ccccc2)sc2c1CCCC2. The maximum atomic E-state index is 13.1. The number of aromatic hydroxyl groups is 1. The van der Waals surface area contributed by atoms with Gasteiger partial charge in [-0.15, -0.1) is 21.5 Å². The lowest BCUT2D eigenvalue weighted by Crippen LogP contribution is -2.17. The van der Waals surface area contributed by atoms with Crippen LogP contribution >= 0.6 is 39.0 Å². The van der Waals surface area contributed by atoms with Crippen molar-refractivity contribution in [3.63, 3.8) is 0 Å². The Kier molecular flexibility index (Phi) is 8.15. The number of hydrogen-bond acceptors (Lipinski definition) is 8. The molecule has 2 heterocycles. The lowest BCUT2D eigenvalue weighted by Gasteiger charge is -2.12. The van der Waals surface area contributed by atoms with E-state index in [9.17, 15) is 14.7 Å². The van der Waals surface area contributed by atoms with Crippen LogP contribution in [0.2, 0.25) is 0 Å². The van der Waals surface area contributed by atoms with Gasteiger partial charge in [-0.2, -0.15) is 0 Å². The van der Waals surface area contributed by atoms with Gasteiger partial charge in [0.25, 0.3) is 0 Å². The summed E-state index contributed by atoms with van der Waals surface area (Å²) in [5.74, 6) is -0.0697. The minimum atomic E-state index is -0.392. The minimum absolute atomic E-state index is 0.0558. The molecule has 0 saturated heterocycles. The number of thioether (sulfide) groups is 1. The summed E-state index contributed by atoms with van der Waals surface area (Å²) in [6, 6.07) is 14.6. The van der Waals surface area contributed by atoms with E-state index in [1.54, 1.807) is 25.1 Å². The Balaban J connectivity index is 1.41. The van der Waals surface area contributed by atoms with E-state index in [4.69, 9.17) is 4.74 Å². The lowest BCUT2D eigenvalue weighted by atomic mass is 9.95. The fourth-order valence-corrected chi connectivity index (χ4v) is 6.81. The Labute approximate surface area is 236 Å². The van der Waals surface area contributed by atoms with Crippen molar-refractivity contribution in [1.82, 2.24) is 14.8 Å². The first-order chi connectivity index (χ1) is 18.5. The fraction of sp³-hybridized carbons (Fsp3) is 0.259. The molecule has 5 rings (SSSR count). The third-order valence-corrected chi connectivity index (χ3v) is 8.71. The molecule has 11 heteroatoms. The van der Waals surface area contributed by atoms with Gasteiger partial charge in [0.2, 0.25) is 5.91 Å². The standard InChI is InChI=1S/C27H25BrN4O4S2/c1-2-36-26(35)23-18-10-6-7-11-21(18)38-25(23)29-22(34)15-37-27-31-30-24(19-14-16(28)12-13-20(19)33)32(27)17-8-4-3-5-9-17/h3-5,8-9,12-14,33H,2,6-7,10-11,15H2,1H3,(H,29,34). The molecule has 0 unspecified atom stereocenters. The topological polar surface area (TPSA) is 106 Å². The van der Waals surface area contributed by atoms with Gasteiger partial charge < -0.3 is 15.2 Å². The summed E-state index contributed by atoms with van der Waals surface area (Å²) in [6.45, 7) is 2.05. The van der Waals surface area contributed by atoms with Crippen LogP contribution in [0.4, 0.5) is 5.00 Å². The van der Waals surface area contributed by atoms with Gasteiger partial charge in [-0.05, 0) is 68.5 Å². The Morgan fingerprint density at radius 3 is 2.74 bits per heavy atom. The third-order valence-electron chi connectivity index (χ3n) is 6.08. The Morgan fingerprint density at radius 2 is 1.95 bits per heavy atom. The van der Waals surface area contributed by atoms with Crippen molar-refractivity contribution in [1.29, 1.82) is 0 Å². The van der Waals surface area contributed by atoms with Gasteiger partial charge in [-0.3, -0.25) is 9.36 Å². The number of aryl methyl sites for hydroxylation is 1. The number of thiophene rings is 1. The summed E-state index contributed by atoms with van der Waals surface area (Å²) in [4.78, 5) is 26.9. The number of amides is 1. The van der Waals surface area contributed by atoms with Crippen molar-refractivity contribution in [2.24, 2.45) is 0 Å².